The van der Waals surface area contributed by atoms with Crippen molar-refractivity contribution in [2.24, 2.45) is 0 Å². The first-order valence-electron chi connectivity index (χ1n) is 10.1. The topological polar surface area (TPSA) is 116 Å². The number of hydrogen-bond acceptors (Lipinski definition) is 7. The molecule has 0 bridgehead atoms. The highest BCUT2D eigenvalue weighted by Crippen LogP contribution is 2.34. The van der Waals surface area contributed by atoms with Crippen LogP contribution in [0.1, 0.15) is 15.9 Å². The Morgan fingerprint density at radius 2 is 1.58 bits per heavy atom. The molecule has 3 aromatic rings. The van der Waals surface area contributed by atoms with Crippen molar-refractivity contribution in [3.63, 3.8) is 0 Å². The third kappa shape index (κ3) is 4.92. The molecule has 10 heteroatoms. The lowest BCUT2D eigenvalue weighted by atomic mass is 10.0. The molecule has 1 fully saturated rings. The number of nitro groups is 1. The summed E-state index contributed by atoms with van der Waals surface area (Å²) in [4.78, 5) is 23.3. The Morgan fingerprint density at radius 1 is 0.939 bits per heavy atom. The Bertz CT molecular complexity index is 1270. The second kappa shape index (κ2) is 9.49. The summed E-state index contributed by atoms with van der Waals surface area (Å²) in [5, 5.41) is 11.6. The molecule has 0 atom stereocenters. The second-order valence-corrected chi connectivity index (χ2v) is 9.16. The van der Waals surface area contributed by atoms with Crippen LogP contribution in [0.2, 0.25) is 0 Å². The summed E-state index contributed by atoms with van der Waals surface area (Å²) in [6.07, 6.45) is 0. The highest BCUT2D eigenvalue weighted by Gasteiger charge is 2.29. The number of hydrogen-bond donors (Lipinski definition) is 0. The number of ether oxygens (including phenoxy) is 2. The first-order chi connectivity index (χ1) is 15.9. The Labute approximate surface area is 190 Å². The fourth-order valence-electron chi connectivity index (χ4n) is 3.38. The van der Waals surface area contributed by atoms with Crippen LogP contribution in [0.3, 0.4) is 0 Å². The summed E-state index contributed by atoms with van der Waals surface area (Å²) in [7, 11) is -3.89. The van der Waals surface area contributed by atoms with Gasteiger partial charge in [-0.15, -0.1) is 0 Å². The van der Waals surface area contributed by atoms with Crippen molar-refractivity contribution in [3.8, 4) is 11.5 Å². The molecule has 9 nitrogen and oxygen atoms in total. The van der Waals surface area contributed by atoms with E-state index in [1.807, 2.05) is 6.07 Å². The molecule has 3 aromatic carbocycles. The minimum absolute atomic E-state index is 0.108. The Hall–Kier alpha value is -3.60. The van der Waals surface area contributed by atoms with Crippen molar-refractivity contribution < 1.29 is 27.6 Å². The fraction of sp³-hybridized carbons (Fsp3) is 0.174. The van der Waals surface area contributed by atoms with Crippen molar-refractivity contribution in [2.45, 2.75) is 4.90 Å². The summed E-state index contributed by atoms with van der Waals surface area (Å²) in [5.41, 5.74) is 0.502. The van der Waals surface area contributed by atoms with E-state index in [0.29, 0.717) is 11.1 Å². The molecule has 0 aromatic heterocycles. The molecule has 1 aliphatic heterocycles. The van der Waals surface area contributed by atoms with Crippen molar-refractivity contribution in [1.82, 2.24) is 4.31 Å². The molecule has 0 radical (unpaired) electrons. The maximum absolute atomic E-state index is 12.8. The third-order valence-electron chi connectivity index (χ3n) is 5.12. The average Bonchev–Trinajstić information content (AvgIpc) is 2.85. The van der Waals surface area contributed by atoms with Crippen LogP contribution in [0.5, 0.6) is 11.5 Å². The Balaban J connectivity index is 1.57. The van der Waals surface area contributed by atoms with Gasteiger partial charge in [-0.3, -0.25) is 14.9 Å². The number of sulfonamides is 1. The lowest BCUT2D eigenvalue weighted by Crippen LogP contribution is -2.40. The van der Waals surface area contributed by atoms with E-state index in [1.165, 1.54) is 28.6 Å². The fourth-order valence-corrected chi connectivity index (χ4v) is 4.81. The molecule has 0 N–H and O–H groups in total. The van der Waals surface area contributed by atoms with E-state index in [-0.39, 0.29) is 48.5 Å². The molecule has 0 aliphatic carbocycles. The minimum atomic E-state index is -3.89. The normalized spacial score (nSPS) is 14.5. The molecule has 170 valence electrons. The van der Waals surface area contributed by atoms with Crippen LogP contribution >= 0.6 is 0 Å². The van der Waals surface area contributed by atoms with E-state index >= 15 is 0 Å². The van der Waals surface area contributed by atoms with Crippen LogP contribution < -0.4 is 4.74 Å². The minimum Gasteiger partial charge on any atom is -0.450 e. The summed E-state index contributed by atoms with van der Waals surface area (Å²) in [6, 6.07) is 18.5. The molecular weight excluding hydrogens is 448 g/mol. The van der Waals surface area contributed by atoms with Crippen LogP contribution in [-0.4, -0.2) is 49.7 Å². The van der Waals surface area contributed by atoms with Gasteiger partial charge in [-0.05, 0) is 36.4 Å². The lowest BCUT2D eigenvalue weighted by Gasteiger charge is -2.26. The van der Waals surface area contributed by atoms with E-state index in [4.69, 9.17) is 9.47 Å². The first-order valence-corrected chi connectivity index (χ1v) is 11.5. The highest BCUT2D eigenvalue weighted by molar-refractivity contribution is 7.89. The number of benzene rings is 3. The van der Waals surface area contributed by atoms with Gasteiger partial charge in [-0.25, -0.2) is 8.42 Å². The van der Waals surface area contributed by atoms with Crippen molar-refractivity contribution in [3.05, 3.63) is 94.0 Å². The van der Waals surface area contributed by atoms with Crippen LogP contribution in [0.4, 0.5) is 5.69 Å². The third-order valence-corrected chi connectivity index (χ3v) is 7.01. The molecule has 1 heterocycles. The molecule has 0 spiro atoms. The van der Waals surface area contributed by atoms with Gasteiger partial charge in [0.2, 0.25) is 15.8 Å². The number of carbonyl (C=O) groups excluding carboxylic acids is 1. The zero-order valence-corrected chi connectivity index (χ0v) is 18.2. The van der Waals surface area contributed by atoms with Crippen LogP contribution in [0.15, 0.2) is 77.7 Å². The Morgan fingerprint density at radius 3 is 2.21 bits per heavy atom. The van der Waals surface area contributed by atoms with Gasteiger partial charge >= 0.3 is 5.69 Å². The predicted molar refractivity (Wildman–Crippen MR) is 119 cm³/mol. The summed E-state index contributed by atoms with van der Waals surface area (Å²) in [6.45, 7) is 0.904. The van der Waals surface area contributed by atoms with Gasteiger partial charge < -0.3 is 9.47 Å². The van der Waals surface area contributed by atoms with Gasteiger partial charge in [0, 0.05) is 30.3 Å². The summed E-state index contributed by atoms with van der Waals surface area (Å²) >= 11 is 0. The van der Waals surface area contributed by atoms with Crippen molar-refractivity contribution in [2.75, 3.05) is 26.3 Å². The van der Waals surface area contributed by atoms with Gasteiger partial charge in [0.25, 0.3) is 0 Å². The van der Waals surface area contributed by atoms with E-state index in [2.05, 4.69) is 0 Å². The average molecular weight is 468 g/mol. The number of ketones is 1. The largest absolute Gasteiger partial charge is 0.450 e. The Kier molecular flexibility index (Phi) is 6.50. The quantitative estimate of drug-likeness (QED) is 0.295. The molecule has 33 heavy (non-hydrogen) atoms. The van der Waals surface area contributed by atoms with Gasteiger partial charge in [-0.1, -0.05) is 30.3 Å². The number of nitro benzene ring substituents is 1. The molecule has 0 unspecified atom stereocenters. The number of morpholine rings is 1. The molecule has 0 saturated carbocycles. The molecular formula is C23H20N2O7S. The number of carbonyl (C=O) groups is 1. The molecule has 0 amide bonds. The predicted octanol–water partition coefficient (Wildman–Crippen LogP) is 3.64. The number of rotatable bonds is 7. The summed E-state index contributed by atoms with van der Waals surface area (Å²) < 4.78 is 37.7. The van der Waals surface area contributed by atoms with Crippen LogP contribution in [-0.2, 0) is 14.8 Å². The van der Waals surface area contributed by atoms with Crippen molar-refractivity contribution in [1.29, 1.82) is 0 Å². The lowest BCUT2D eigenvalue weighted by molar-refractivity contribution is -0.385. The van der Waals surface area contributed by atoms with Gasteiger partial charge in [-0.2, -0.15) is 4.31 Å². The van der Waals surface area contributed by atoms with E-state index in [1.54, 1.807) is 36.4 Å². The zero-order chi connectivity index (χ0) is 23.4. The SMILES string of the molecule is O=C(c1ccccc1)c1ccc(Oc2ccc(S(=O)(=O)N3CCOCC3)cc2[N+](=O)[O-])cc1. The van der Waals surface area contributed by atoms with Gasteiger partial charge in [0.15, 0.2) is 5.78 Å². The zero-order valence-electron chi connectivity index (χ0n) is 17.4. The standard InChI is InChI=1S/C23H20N2O7S/c26-23(17-4-2-1-3-5-17)18-6-8-19(9-7-18)32-22-11-10-20(16-21(22)25(27)28)33(29,30)24-12-14-31-15-13-24/h1-11,16H,12-15H2. The maximum atomic E-state index is 12.8. The van der Waals surface area contributed by atoms with Gasteiger partial charge in [0.1, 0.15) is 5.75 Å². The summed E-state index contributed by atoms with van der Waals surface area (Å²) in [5.74, 6) is 0.000337. The highest BCUT2D eigenvalue weighted by atomic mass is 32.2. The molecule has 4 rings (SSSR count). The smallest absolute Gasteiger partial charge is 0.312 e. The molecule has 1 saturated heterocycles. The van der Waals surface area contributed by atoms with Crippen molar-refractivity contribution >= 4 is 21.5 Å². The van der Waals surface area contributed by atoms with E-state index in [9.17, 15) is 23.3 Å². The first kappa shape index (κ1) is 22.6. The molecule has 1 aliphatic rings. The number of nitrogens with zero attached hydrogens (tertiary/aromatic N) is 2. The van der Waals surface area contributed by atoms with Crippen LogP contribution in [0.25, 0.3) is 0 Å². The second-order valence-electron chi connectivity index (χ2n) is 7.22. The maximum Gasteiger partial charge on any atom is 0.312 e. The monoisotopic (exact) mass is 468 g/mol. The van der Waals surface area contributed by atoms with E-state index in [0.717, 1.165) is 6.07 Å². The van der Waals surface area contributed by atoms with E-state index < -0.39 is 20.6 Å². The van der Waals surface area contributed by atoms with Gasteiger partial charge in [0.05, 0.1) is 23.0 Å². The van der Waals surface area contributed by atoms with Crippen LogP contribution in [0, 0.1) is 10.1 Å².